The first-order valence-electron chi connectivity index (χ1n) is 9.55. The molecule has 1 N–H and O–H groups in total. The lowest BCUT2D eigenvalue weighted by Crippen LogP contribution is -2.71. The summed E-state index contributed by atoms with van der Waals surface area (Å²) in [5.74, 6) is -42.6. The summed E-state index contributed by atoms with van der Waals surface area (Å²) in [5, 5.41) is 8.02. The van der Waals surface area contributed by atoms with Gasteiger partial charge in [0.05, 0.1) is 52.9 Å². The molecule has 0 heterocycles. The van der Waals surface area contributed by atoms with Crippen LogP contribution in [-0.4, -0.2) is 114 Å². The SMILES string of the molecule is COCCOCCOCCOCCOCC(F)(F)C(F)(F)C(F)(F)C(F)(F)C(F)(F)C(F)(F)CO. The minimum atomic E-state index is -7.71. The van der Waals surface area contributed by atoms with Gasteiger partial charge in [-0.2, -0.15) is 52.7 Å². The molecular weight excluding hydrogens is 528 g/mol. The fourth-order valence-corrected chi connectivity index (χ4v) is 2.05. The van der Waals surface area contributed by atoms with Gasteiger partial charge < -0.3 is 28.8 Å². The van der Waals surface area contributed by atoms with Crippen molar-refractivity contribution < 1.29 is 81.5 Å². The molecule has 0 aliphatic carbocycles. The third kappa shape index (κ3) is 7.95. The summed E-state index contributed by atoms with van der Waals surface area (Å²) >= 11 is 0. The maximum atomic E-state index is 13.6. The van der Waals surface area contributed by atoms with Gasteiger partial charge in [-0.3, -0.25) is 0 Å². The van der Waals surface area contributed by atoms with Crippen LogP contribution in [0, 0.1) is 0 Å². The second-order valence-corrected chi connectivity index (χ2v) is 6.75. The van der Waals surface area contributed by atoms with Gasteiger partial charge in [-0.25, -0.2) is 0 Å². The van der Waals surface area contributed by atoms with Crippen LogP contribution >= 0.6 is 0 Å². The first kappa shape index (κ1) is 33.9. The Balaban J connectivity index is 4.72. The molecule has 212 valence electrons. The molecule has 6 nitrogen and oxygen atoms in total. The van der Waals surface area contributed by atoms with Crippen molar-refractivity contribution in [3.63, 3.8) is 0 Å². The van der Waals surface area contributed by atoms with Crippen LogP contribution < -0.4 is 0 Å². The number of ether oxygens (including phenoxy) is 5. The Bertz CT molecular complexity index is 606. The molecule has 0 aromatic carbocycles. The zero-order valence-electron chi connectivity index (χ0n) is 18.1. The number of hydrogen-bond acceptors (Lipinski definition) is 6. The van der Waals surface area contributed by atoms with Crippen LogP contribution in [0.2, 0.25) is 0 Å². The van der Waals surface area contributed by atoms with Gasteiger partial charge in [0.2, 0.25) is 0 Å². The molecule has 0 saturated carbocycles. The van der Waals surface area contributed by atoms with Gasteiger partial charge in [0.1, 0.15) is 13.2 Å². The maximum absolute atomic E-state index is 13.6. The topological polar surface area (TPSA) is 66.4 Å². The second-order valence-electron chi connectivity index (χ2n) is 6.75. The van der Waals surface area contributed by atoms with Crippen molar-refractivity contribution in [2.24, 2.45) is 0 Å². The highest BCUT2D eigenvalue weighted by Gasteiger charge is 2.89. The molecule has 0 aromatic heterocycles. The molecule has 0 fully saturated rings. The molecular formula is C17H24F12O6. The summed E-state index contributed by atoms with van der Waals surface area (Å²) in [4.78, 5) is 0. The van der Waals surface area contributed by atoms with E-state index < -0.39 is 62.0 Å². The van der Waals surface area contributed by atoms with Crippen molar-refractivity contribution in [2.45, 2.75) is 35.5 Å². The third-order valence-electron chi connectivity index (χ3n) is 4.13. The summed E-state index contributed by atoms with van der Waals surface area (Å²) in [6.07, 6.45) is 0. The van der Waals surface area contributed by atoms with Crippen LogP contribution in [0.4, 0.5) is 52.7 Å². The van der Waals surface area contributed by atoms with E-state index in [1.807, 2.05) is 0 Å². The first-order chi connectivity index (χ1) is 15.9. The van der Waals surface area contributed by atoms with Crippen molar-refractivity contribution in [1.29, 1.82) is 0 Å². The van der Waals surface area contributed by atoms with Crippen LogP contribution in [0.25, 0.3) is 0 Å². The van der Waals surface area contributed by atoms with Gasteiger partial charge in [0.25, 0.3) is 0 Å². The first-order valence-corrected chi connectivity index (χ1v) is 9.55. The number of rotatable bonds is 20. The molecule has 0 unspecified atom stereocenters. The predicted octanol–water partition coefficient (Wildman–Crippen LogP) is 3.50. The molecule has 0 amide bonds. The zero-order chi connectivity index (χ0) is 27.6. The Morgan fingerprint density at radius 2 is 0.771 bits per heavy atom. The Labute approximate surface area is 191 Å². The van der Waals surface area contributed by atoms with E-state index >= 15 is 0 Å². The zero-order valence-corrected chi connectivity index (χ0v) is 18.1. The molecule has 0 saturated heterocycles. The summed E-state index contributed by atoms with van der Waals surface area (Å²) in [6.45, 7) is -6.53. The molecule has 0 bridgehead atoms. The maximum Gasteiger partial charge on any atom is 0.384 e. The monoisotopic (exact) mass is 552 g/mol. The second kappa shape index (κ2) is 13.5. The van der Waals surface area contributed by atoms with E-state index in [2.05, 4.69) is 4.74 Å². The Morgan fingerprint density at radius 3 is 1.11 bits per heavy atom. The van der Waals surface area contributed by atoms with E-state index in [4.69, 9.17) is 24.1 Å². The van der Waals surface area contributed by atoms with Crippen molar-refractivity contribution in [1.82, 2.24) is 0 Å². The van der Waals surface area contributed by atoms with Crippen molar-refractivity contribution in [3.8, 4) is 0 Å². The smallest absolute Gasteiger partial charge is 0.384 e. The highest BCUT2D eigenvalue weighted by Crippen LogP contribution is 2.59. The number of aliphatic hydroxyl groups excluding tert-OH is 1. The number of hydrogen-bond donors (Lipinski definition) is 1. The molecule has 0 radical (unpaired) electrons. The van der Waals surface area contributed by atoms with Gasteiger partial charge >= 0.3 is 35.5 Å². The molecule has 0 spiro atoms. The van der Waals surface area contributed by atoms with Gasteiger partial charge in [-0.1, -0.05) is 0 Å². The molecule has 0 atom stereocenters. The van der Waals surface area contributed by atoms with E-state index in [1.54, 1.807) is 0 Å². The van der Waals surface area contributed by atoms with Crippen LogP contribution in [0.1, 0.15) is 0 Å². The van der Waals surface area contributed by atoms with Crippen LogP contribution in [0.15, 0.2) is 0 Å². The average molecular weight is 552 g/mol. The number of aliphatic hydroxyl groups is 1. The average Bonchev–Trinajstić information content (AvgIpc) is 2.76. The summed E-state index contributed by atoms with van der Waals surface area (Å²) in [7, 11) is 1.47. The molecule has 18 heteroatoms. The van der Waals surface area contributed by atoms with E-state index in [9.17, 15) is 52.7 Å². The molecule has 0 rings (SSSR count). The summed E-state index contributed by atoms with van der Waals surface area (Å²) in [5.41, 5.74) is 0. The van der Waals surface area contributed by atoms with E-state index in [-0.39, 0.29) is 26.4 Å². The van der Waals surface area contributed by atoms with Gasteiger partial charge in [-0.15, -0.1) is 0 Å². The van der Waals surface area contributed by atoms with Crippen molar-refractivity contribution in [3.05, 3.63) is 0 Å². The van der Waals surface area contributed by atoms with E-state index in [1.165, 1.54) is 7.11 Å². The Morgan fingerprint density at radius 1 is 0.457 bits per heavy atom. The number of halogens is 12. The molecule has 35 heavy (non-hydrogen) atoms. The lowest BCUT2D eigenvalue weighted by Gasteiger charge is -2.40. The number of alkyl halides is 12. The fourth-order valence-electron chi connectivity index (χ4n) is 2.05. The lowest BCUT2D eigenvalue weighted by atomic mass is 9.92. The highest BCUT2D eigenvalue weighted by atomic mass is 19.4. The van der Waals surface area contributed by atoms with E-state index in [0.29, 0.717) is 13.2 Å². The van der Waals surface area contributed by atoms with Crippen molar-refractivity contribution >= 4 is 0 Å². The van der Waals surface area contributed by atoms with Gasteiger partial charge in [0.15, 0.2) is 0 Å². The fraction of sp³-hybridized carbons (Fsp3) is 1.00. The summed E-state index contributed by atoms with van der Waals surface area (Å²) < 4.78 is 184. The minimum Gasteiger partial charge on any atom is -0.390 e. The largest absolute Gasteiger partial charge is 0.390 e. The van der Waals surface area contributed by atoms with E-state index in [0.717, 1.165) is 0 Å². The Kier molecular flexibility index (Phi) is 13.0. The predicted molar refractivity (Wildman–Crippen MR) is 91.9 cm³/mol. The highest BCUT2D eigenvalue weighted by molar-refractivity contribution is 5.11. The van der Waals surface area contributed by atoms with Crippen LogP contribution in [0.5, 0.6) is 0 Å². The third-order valence-corrected chi connectivity index (χ3v) is 4.13. The summed E-state index contributed by atoms with van der Waals surface area (Å²) in [6, 6.07) is 0. The van der Waals surface area contributed by atoms with Crippen LogP contribution in [0.3, 0.4) is 0 Å². The number of methoxy groups -OCH3 is 1. The lowest BCUT2D eigenvalue weighted by molar-refractivity contribution is -0.428. The van der Waals surface area contributed by atoms with Crippen molar-refractivity contribution in [2.75, 3.05) is 73.2 Å². The molecule has 0 aliphatic heterocycles. The molecule has 0 aromatic rings. The van der Waals surface area contributed by atoms with Gasteiger partial charge in [-0.05, 0) is 0 Å². The standard InChI is InChI=1S/C17H24F12O6/c1-31-2-3-32-4-5-33-6-7-34-8-9-35-11-13(20,21)15(24,25)17(28,29)16(26,27)14(22,23)12(18,19)10-30/h30H,2-11H2,1H3. The van der Waals surface area contributed by atoms with Gasteiger partial charge in [0, 0.05) is 7.11 Å². The quantitative estimate of drug-likeness (QED) is 0.184. The van der Waals surface area contributed by atoms with Crippen LogP contribution in [-0.2, 0) is 23.7 Å². The molecule has 0 aliphatic rings. The minimum absolute atomic E-state index is 0.0319. The normalized spacial score (nSPS) is 14.6. The Hall–Kier alpha value is -1.08.